The number of hydrogen-bond donors (Lipinski definition) is 3. The molecule has 0 aromatic rings. The number of unbranched alkanes of at least 4 members (excludes halogenated alkanes) is 1. The number of allylic oxidation sites excluding steroid dienone is 4. The highest BCUT2D eigenvalue weighted by Crippen LogP contribution is 2.05. The second-order valence-electron chi connectivity index (χ2n) is 5.13. The lowest BCUT2D eigenvalue weighted by Crippen LogP contribution is -2.22. The van der Waals surface area contributed by atoms with Gasteiger partial charge in [0.15, 0.2) is 0 Å². The normalized spacial score (nSPS) is 13.7. The summed E-state index contributed by atoms with van der Waals surface area (Å²) >= 11 is 0. The fourth-order valence-electron chi connectivity index (χ4n) is 1.72. The summed E-state index contributed by atoms with van der Waals surface area (Å²) in [6.07, 6.45) is 11.2. The average Bonchev–Trinajstić information content (AvgIpc) is 2.45. The zero-order valence-electron chi connectivity index (χ0n) is 13.4. The number of aliphatic carboxylic acids is 1. The van der Waals surface area contributed by atoms with E-state index in [4.69, 9.17) is 5.11 Å². The molecule has 22 heavy (non-hydrogen) atoms. The van der Waals surface area contributed by atoms with Crippen LogP contribution in [-0.4, -0.2) is 34.7 Å². The van der Waals surface area contributed by atoms with Crippen LogP contribution in [0.5, 0.6) is 0 Å². The summed E-state index contributed by atoms with van der Waals surface area (Å²) in [6, 6.07) is 0. The Bertz CT molecular complexity index is 424. The number of carbonyl (C=O) groups is 2. The summed E-state index contributed by atoms with van der Waals surface area (Å²) < 4.78 is 0. The minimum absolute atomic E-state index is 0.0498. The maximum absolute atomic E-state index is 11.4. The molecule has 124 valence electrons. The fraction of sp³-hybridized carbons (Fsp3) is 0.529. The highest BCUT2D eigenvalue weighted by Gasteiger charge is 1.99. The van der Waals surface area contributed by atoms with Crippen LogP contribution in [0.4, 0.5) is 0 Å². The first-order chi connectivity index (χ1) is 10.5. The molecule has 3 N–H and O–H groups in total. The van der Waals surface area contributed by atoms with Gasteiger partial charge in [0.05, 0.1) is 6.10 Å². The summed E-state index contributed by atoms with van der Waals surface area (Å²) in [5, 5.41) is 20.8. The van der Waals surface area contributed by atoms with Gasteiger partial charge in [-0.15, -0.1) is 0 Å². The van der Waals surface area contributed by atoms with Crippen LogP contribution in [0.25, 0.3) is 0 Å². The monoisotopic (exact) mass is 309 g/mol. The lowest BCUT2D eigenvalue weighted by Gasteiger charge is -2.04. The molecular formula is C17H27NO4. The Hall–Kier alpha value is -1.88. The second kappa shape index (κ2) is 12.8. The lowest BCUT2D eigenvalue weighted by atomic mass is 10.1. The van der Waals surface area contributed by atoms with Crippen molar-refractivity contribution < 1.29 is 19.8 Å². The first-order valence-corrected chi connectivity index (χ1v) is 7.66. The molecule has 5 heteroatoms. The molecule has 0 saturated carbocycles. The van der Waals surface area contributed by atoms with E-state index < -0.39 is 12.1 Å². The number of nitrogens with one attached hydrogen (secondary N) is 1. The van der Waals surface area contributed by atoms with E-state index in [9.17, 15) is 14.7 Å². The zero-order chi connectivity index (χ0) is 16.8. The topological polar surface area (TPSA) is 86.6 Å². The number of aliphatic hydroxyl groups is 1. The molecule has 1 amide bonds. The van der Waals surface area contributed by atoms with E-state index in [0.29, 0.717) is 13.0 Å². The summed E-state index contributed by atoms with van der Waals surface area (Å²) in [4.78, 5) is 21.7. The van der Waals surface area contributed by atoms with Crippen LogP contribution in [0.3, 0.4) is 0 Å². The minimum atomic E-state index is -0.865. The standard InChI is InChI=1S/C17H27NO4/c1-3-4-9-15(19)13-14(2)8-5-6-10-16(20)18-12-7-11-17(21)22/h5-6,8,10,13,15,19H,3-4,7,9,11-12H2,1-2H3,(H,18,20)(H,21,22)/b8-5+,10-6-,14-13+/t15-/m0/s1. The first kappa shape index (κ1) is 20.1. The molecule has 0 heterocycles. The van der Waals surface area contributed by atoms with Crippen molar-refractivity contribution in [1.29, 1.82) is 0 Å². The Morgan fingerprint density at radius 2 is 1.86 bits per heavy atom. The molecule has 0 radical (unpaired) electrons. The molecule has 0 unspecified atom stereocenters. The summed E-state index contributed by atoms with van der Waals surface area (Å²) in [6.45, 7) is 4.33. The molecular weight excluding hydrogens is 282 g/mol. The van der Waals surface area contributed by atoms with Crippen LogP contribution in [0.2, 0.25) is 0 Å². The summed E-state index contributed by atoms with van der Waals surface area (Å²) in [5.74, 6) is -1.12. The van der Waals surface area contributed by atoms with Crippen LogP contribution in [0, 0.1) is 0 Å². The fourth-order valence-corrected chi connectivity index (χ4v) is 1.72. The van der Waals surface area contributed by atoms with E-state index in [2.05, 4.69) is 12.2 Å². The van der Waals surface area contributed by atoms with Crippen LogP contribution in [-0.2, 0) is 9.59 Å². The highest BCUT2D eigenvalue weighted by atomic mass is 16.4. The molecule has 0 aliphatic heterocycles. The molecule has 0 aromatic carbocycles. The maximum Gasteiger partial charge on any atom is 0.303 e. The van der Waals surface area contributed by atoms with Gasteiger partial charge in [0.2, 0.25) is 5.91 Å². The van der Waals surface area contributed by atoms with Crippen molar-refractivity contribution >= 4 is 11.9 Å². The third kappa shape index (κ3) is 13.1. The van der Waals surface area contributed by atoms with Crippen molar-refractivity contribution in [3.8, 4) is 0 Å². The number of amides is 1. The van der Waals surface area contributed by atoms with Crippen LogP contribution in [0.15, 0.2) is 36.0 Å². The SMILES string of the molecule is CCCC[C@H](O)/C=C(C)/C=C/C=C\C(=O)NCCCC(=O)O. The van der Waals surface area contributed by atoms with Gasteiger partial charge in [0.1, 0.15) is 0 Å². The Morgan fingerprint density at radius 1 is 1.18 bits per heavy atom. The third-order valence-electron chi connectivity index (χ3n) is 2.89. The van der Waals surface area contributed by atoms with Gasteiger partial charge < -0.3 is 15.5 Å². The van der Waals surface area contributed by atoms with E-state index in [-0.39, 0.29) is 12.3 Å². The molecule has 0 rings (SSSR count). The number of aliphatic hydroxyl groups excluding tert-OH is 1. The van der Waals surface area contributed by atoms with Gasteiger partial charge in [-0.05, 0) is 19.8 Å². The van der Waals surface area contributed by atoms with E-state index in [1.54, 1.807) is 18.2 Å². The molecule has 1 atom stereocenters. The molecule has 0 bridgehead atoms. The lowest BCUT2D eigenvalue weighted by molar-refractivity contribution is -0.137. The number of carboxylic acid groups (broad SMARTS) is 1. The molecule has 0 fully saturated rings. The molecule has 0 spiro atoms. The van der Waals surface area contributed by atoms with Gasteiger partial charge in [0, 0.05) is 19.0 Å². The van der Waals surface area contributed by atoms with Crippen LogP contribution >= 0.6 is 0 Å². The highest BCUT2D eigenvalue weighted by molar-refractivity contribution is 5.87. The van der Waals surface area contributed by atoms with Crippen molar-refractivity contribution in [1.82, 2.24) is 5.32 Å². The van der Waals surface area contributed by atoms with E-state index in [1.807, 2.05) is 13.0 Å². The first-order valence-electron chi connectivity index (χ1n) is 7.66. The summed E-state index contributed by atoms with van der Waals surface area (Å²) in [7, 11) is 0. The Morgan fingerprint density at radius 3 is 2.50 bits per heavy atom. The molecule has 0 aromatic heterocycles. The third-order valence-corrected chi connectivity index (χ3v) is 2.89. The molecule has 5 nitrogen and oxygen atoms in total. The van der Waals surface area contributed by atoms with E-state index >= 15 is 0 Å². The van der Waals surface area contributed by atoms with Crippen LogP contribution < -0.4 is 5.32 Å². The zero-order valence-corrected chi connectivity index (χ0v) is 13.4. The molecule has 0 aliphatic carbocycles. The van der Waals surface area contributed by atoms with Gasteiger partial charge in [-0.1, -0.05) is 49.6 Å². The van der Waals surface area contributed by atoms with Crippen molar-refractivity contribution in [3.05, 3.63) is 36.0 Å². The predicted octanol–water partition coefficient (Wildman–Crippen LogP) is 2.58. The smallest absolute Gasteiger partial charge is 0.303 e. The number of carboxylic acids is 1. The number of rotatable bonds is 11. The van der Waals surface area contributed by atoms with E-state index in [0.717, 1.165) is 24.8 Å². The van der Waals surface area contributed by atoms with Gasteiger partial charge >= 0.3 is 5.97 Å². The Kier molecular flexibility index (Phi) is 11.7. The second-order valence-corrected chi connectivity index (χ2v) is 5.13. The van der Waals surface area contributed by atoms with Gasteiger partial charge in [-0.25, -0.2) is 0 Å². The van der Waals surface area contributed by atoms with Gasteiger partial charge in [-0.2, -0.15) is 0 Å². The molecule has 0 saturated heterocycles. The van der Waals surface area contributed by atoms with Gasteiger partial charge in [0.25, 0.3) is 0 Å². The average molecular weight is 309 g/mol. The Balaban J connectivity index is 4.00. The predicted molar refractivity (Wildman–Crippen MR) is 87.4 cm³/mol. The molecule has 0 aliphatic rings. The van der Waals surface area contributed by atoms with Crippen molar-refractivity contribution in [2.24, 2.45) is 0 Å². The maximum atomic E-state index is 11.4. The van der Waals surface area contributed by atoms with Crippen molar-refractivity contribution in [2.45, 2.75) is 52.1 Å². The minimum Gasteiger partial charge on any atom is -0.481 e. The van der Waals surface area contributed by atoms with E-state index in [1.165, 1.54) is 6.08 Å². The van der Waals surface area contributed by atoms with Crippen molar-refractivity contribution in [2.75, 3.05) is 6.54 Å². The summed E-state index contributed by atoms with van der Waals surface area (Å²) in [5.41, 5.74) is 0.940. The van der Waals surface area contributed by atoms with Crippen molar-refractivity contribution in [3.63, 3.8) is 0 Å². The number of hydrogen-bond acceptors (Lipinski definition) is 3. The van der Waals surface area contributed by atoms with Gasteiger partial charge in [-0.3, -0.25) is 9.59 Å². The Labute approximate surface area is 132 Å². The number of carbonyl (C=O) groups excluding carboxylic acids is 1. The van der Waals surface area contributed by atoms with Crippen LogP contribution in [0.1, 0.15) is 46.0 Å². The quantitative estimate of drug-likeness (QED) is 0.311. The largest absolute Gasteiger partial charge is 0.481 e.